The van der Waals surface area contributed by atoms with Crippen LogP contribution in [0.4, 0.5) is 51.2 Å². The van der Waals surface area contributed by atoms with E-state index < -0.39 is 0 Å². The molecule has 0 saturated carbocycles. The second-order valence-electron chi connectivity index (χ2n) is 25.5. The molecule has 14 aromatic carbocycles. The number of para-hydroxylation sites is 6. The highest BCUT2D eigenvalue weighted by Gasteiger charge is 2.37. The minimum Gasteiger partial charge on any atom is -0.310 e. The summed E-state index contributed by atoms with van der Waals surface area (Å²) in [6.45, 7) is 2.44. The summed E-state index contributed by atoms with van der Waals surface area (Å²) in [6.07, 6.45) is 13.7. The largest absolute Gasteiger partial charge is 0.310 e. The minimum absolute atomic E-state index is 0.255. The van der Waals surface area contributed by atoms with Crippen LogP contribution < -0.4 is 14.7 Å². The molecule has 97 heavy (non-hydrogen) atoms. The smallest absolute Gasteiger partial charge is 0.0972 e. The van der Waals surface area contributed by atoms with Gasteiger partial charge in [-0.2, -0.15) is 0 Å². The number of rotatable bonds is 14. The van der Waals surface area contributed by atoms with Crippen LogP contribution in [0.5, 0.6) is 0 Å². The topological polar surface area (TPSA) is 45.4 Å². The van der Waals surface area contributed by atoms with E-state index in [0.29, 0.717) is 0 Å². The van der Waals surface area contributed by atoms with Gasteiger partial charge >= 0.3 is 0 Å². The number of fused-ring (bicyclic) bond motifs is 12. The van der Waals surface area contributed by atoms with E-state index in [1.165, 1.54) is 21.9 Å². The van der Waals surface area contributed by atoms with Crippen LogP contribution in [-0.4, -0.2) is 19.1 Å². The minimum atomic E-state index is -0.320. The van der Waals surface area contributed by atoms with Crippen molar-refractivity contribution in [1.29, 1.82) is 0 Å². The van der Waals surface area contributed by atoms with E-state index in [4.69, 9.17) is 9.97 Å². The molecular formula is C90H65N7. The van der Waals surface area contributed by atoms with Gasteiger partial charge in [0.25, 0.3) is 0 Å². The summed E-state index contributed by atoms with van der Waals surface area (Å²) < 4.78 is 4.89. The van der Waals surface area contributed by atoms with Gasteiger partial charge in [0.15, 0.2) is 0 Å². The molecule has 0 amide bonds. The molecule has 0 bridgehead atoms. The van der Waals surface area contributed by atoms with Crippen LogP contribution in [0.15, 0.2) is 358 Å². The van der Waals surface area contributed by atoms with Crippen molar-refractivity contribution in [2.45, 2.75) is 18.8 Å². The quantitative estimate of drug-likeness (QED) is 0.102. The van der Waals surface area contributed by atoms with Gasteiger partial charge in [0, 0.05) is 113 Å². The lowest BCUT2D eigenvalue weighted by Gasteiger charge is -2.38. The SMILES string of the molecule is CC(c1ccccc1)(c1ccc2c(c1)c1cc(N(c3ccccc3)c3ccccc3)ccc1n2-c1ccc2c3ccc(-n4c5ccc(N(c6ccccc6)c6ccccc6)cc5c5cc(N(c6ccccc6)c6ccccc6)ccc54)cc3c3nccnc3c2c1)C1C=CC=CC1. The second kappa shape index (κ2) is 23.8. The maximum absolute atomic E-state index is 5.25. The maximum atomic E-state index is 5.25. The Hall–Kier alpha value is -12.6. The van der Waals surface area contributed by atoms with Gasteiger partial charge < -0.3 is 23.8 Å². The first-order valence-corrected chi connectivity index (χ1v) is 33.4. The normalized spacial score (nSPS) is 13.7. The van der Waals surface area contributed by atoms with Crippen LogP contribution in [0.2, 0.25) is 0 Å². The molecule has 0 N–H and O–H groups in total. The zero-order valence-electron chi connectivity index (χ0n) is 53.5. The Balaban J connectivity index is 0.826. The van der Waals surface area contributed by atoms with E-state index in [2.05, 4.69) is 377 Å². The highest BCUT2D eigenvalue weighted by Crippen LogP contribution is 2.49. The van der Waals surface area contributed by atoms with Crippen molar-refractivity contribution in [1.82, 2.24) is 19.1 Å². The molecule has 1 aliphatic rings. The van der Waals surface area contributed by atoms with E-state index in [0.717, 1.165) is 134 Å². The fourth-order valence-electron chi connectivity index (χ4n) is 15.4. The summed E-state index contributed by atoms with van der Waals surface area (Å²) in [5.41, 5.74) is 20.2. The zero-order chi connectivity index (χ0) is 64.4. The Labute approximate surface area is 563 Å². The first-order valence-electron chi connectivity index (χ1n) is 33.4. The third kappa shape index (κ3) is 9.73. The Morgan fingerprint density at radius 3 is 0.990 bits per heavy atom. The Kier molecular flexibility index (Phi) is 14.0. The van der Waals surface area contributed by atoms with Gasteiger partial charge in [0.1, 0.15) is 0 Å². The Morgan fingerprint density at radius 2 is 0.639 bits per heavy atom. The number of allylic oxidation sites excluding steroid dienone is 4. The standard InChI is InChI=1S/C90H65N7/c1-90(62-26-10-2-11-27-62,63-28-12-3-13-29-63)64-42-50-84-78(56-64)79-57-71(93(65-30-14-4-15-31-65)66-32-16-5-17-33-66)45-51-85(79)96(84)74-43-48-76-77-49-44-75(61-83(77)89-88(82(76)60-74)91-54-55-92-89)97-86-52-46-72(94(67-34-18-6-19-35-67)68-36-20-7-21-37-68)58-80(86)81-59-73(47-53-87(81)97)95(69-38-22-8-23-39-69)70-40-24-9-25-41-70/h2-28,30-61,63H,29H2,1H3. The number of benzene rings is 14. The number of hydrogen-bond donors (Lipinski definition) is 0. The molecule has 18 rings (SSSR count). The summed E-state index contributed by atoms with van der Waals surface area (Å²) in [7, 11) is 0. The molecule has 2 atom stereocenters. The fourth-order valence-corrected chi connectivity index (χ4v) is 15.4. The molecule has 0 aliphatic heterocycles. The molecule has 3 aromatic heterocycles. The molecule has 0 fully saturated rings. The fraction of sp³-hybridized carbons (Fsp3) is 0.0444. The van der Waals surface area contributed by atoms with Crippen LogP contribution >= 0.6 is 0 Å². The molecule has 3 heterocycles. The maximum Gasteiger partial charge on any atom is 0.0972 e. The van der Waals surface area contributed by atoms with E-state index >= 15 is 0 Å². The Morgan fingerprint density at radius 1 is 0.299 bits per heavy atom. The van der Waals surface area contributed by atoms with E-state index in [1.807, 2.05) is 12.4 Å². The molecule has 0 spiro atoms. The summed E-state index contributed by atoms with van der Waals surface area (Å²) in [4.78, 5) is 17.6. The number of hydrogen-bond acceptors (Lipinski definition) is 5. The van der Waals surface area contributed by atoms with Gasteiger partial charge in [-0.1, -0.05) is 189 Å². The zero-order valence-corrected chi connectivity index (χ0v) is 53.5. The van der Waals surface area contributed by atoms with Crippen LogP contribution in [-0.2, 0) is 5.41 Å². The van der Waals surface area contributed by atoms with Crippen molar-refractivity contribution >= 4 is 127 Å². The number of nitrogens with zero attached hydrogens (tertiary/aromatic N) is 7. The molecule has 7 heteroatoms. The molecule has 0 radical (unpaired) electrons. The van der Waals surface area contributed by atoms with Gasteiger partial charge in [-0.15, -0.1) is 0 Å². The molecule has 1 aliphatic carbocycles. The first kappa shape index (κ1) is 57.1. The van der Waals surface area contributed by atoms with Crippen LogP contribution in [0.1, 0.15) is 24.5 Å². The van der Waals surface area contributed by atoms with Crippen molar-refractivity contribution in [3.63, 3.8) is 0 Å². The summed E-state index contributed by atoms with van der Waals surface area (Å²) in [6, 6.07) is 117. The monoisotopic (exact) mass is 1240 g/mol. The predicted octanol–water partition coefficient (Wildman–Crippen LogP) is 24.0. The molecular weight excluding hydrogens is 1180 g/mol. The van der Waals surface area contributed by atoms with Crippen molar-refractivity contribution in [3.8, 4) is 11.4 Å². The van der Waals surface area contributed by atoms with Gasteiger partial charge in [-0.05, 0) is 198 Å². The van der Waals surface area contributed by atoms with Crippen molar-refractivity contribution < 1.29 is 0 Å². The summed E-state index contributed by atoms with van der Waals surface area (Å²) in [5, 5.41) is 8.92. The third-order valence-corrected chi connectivity index (χ3v) is 20.1. The van der Waals surface area contributed by atoms with E-state index in [9.17, 15) is 0 Å². The third-order valence-electron chi connectivity index (χ3n) is 20.1. The first-order chi connectivity index (χ1) is 48.0. The van der Waals surface area contributed by atoms with Crippen LogP contribution in [0.25, 0.3) is 87.6 Å². The van der Waals surface area contributed by atoms with Crippen molar-refractivity contribution in [2.24, 2.45) is 5.92 Å². The van der Waals surface area contributed by atoms with Crippen LogP contribution in [0.3, 0.4) is 0 Å². The second-order valence-corrected chi connectivity index (χ2v) is 25.5. The Bertz CT molecular complexity index is 5590. The van der Waals surface area contributed by atoms with Gasteiger partial charge in [-0.3, -0.25) is 9.97 Å². The van der Waals surface area contributed by atoms with E-state index in [-0.39, 0.29) is 11.3 Å². The highest BCUT2D eigenvalue weighted by molar-refractivity contribution is 6.24. The molecule has 17 aromatic rings. The van der Waals surface area contributed by atoms with Crippen molar-refractivity contribution in [2.75, 3.05) is 14.7 Å². The van der Waals surface area contributed by atoms with Crippen LogP contribution in [0, 0.1) is 5.92 Å². The van der Waals surface area contributed by atoms with E-state index in [1.54, 1.807) is 0 Å². The molecule has 460 valence electrons. The lowest BCUT2D eigenvalue weighted by Crippen LogP contribution is -2.32. The van der Waals surface area contributed by atoms with Crippen molar-refractivity contribution in [3.05, 3.63) is 369 Å². The lowest BCUT2D eigenvalue weighted by atomic mass is 9.65. The molecule has 0 saturated heterocycles. The average Bonchev–Trinajstić information content (AvgIpc) is 1.70. The predicted molar refractivity (Wildman–Crippen MR) is 407 cm³/mol. The summed E-state index contributed by atoms with van der Waals surface area (Å²) >= 11 is 0. The summed E-state index contributed by atoms with van der Waals surface area (Å²) in [5.74, 6) is 0.255. The van der Waals surface area contributed by atoms with Gasteiger partial charge in [-0.25, -0.2) is 0 Å². The number of aromatic nitrogens is 4. The molecule has 2 unspecified atom stereocenters. The lowest BCUT2D eigenvalue weighted by molar-refractivity contribution is 0.416. The average molecular weight is 1240 g/mol. The highest BCUT2D eigenvalue weighted by atomic mass is 15.2. The molecule has 7 nitrogen and oxygen atoms in total. The van der Waals surface area contributed by atoms with Gasteiger partial charge in [0.05, 0.1) is 33.1 Å². The number of anilines is 9. The van der Waals surface area contributed by atoms with Gasteiger partial charge in [0.2, 0.25) is 0 Å².